The van der Waals surface area contributed by atoms with Crippen molar-refractivity contribution < 1.29 is 18.7 Å². The number of aliphatic hydroxyl groups excluding tert-OH is 1. The van der Waals surface area contributed by atoms with E-state index in [0.29, 0.717) is 17.7 Å². The van der Waals surface area contributed by atoms with Gasteiger partial charge in [0.2, 0.25) is 0 Å². The molecule has 21 heavy (non-hydrogen) atoms. The maximum absolute atomic E-state index is 13.2. The van der Waals surface area contributed by atoms with E-state index in [1.807, 2.05) is 0 Å². The van der Waals surface area contributed by atoms with E-state index in [-0.39, 0.29) is 11.5 Å². The number of amides is 1. The minimum atomic E-state index is -1.11. The summed E-state index contributed by atoms with van der Waals surface area (Å²) >= 11 is 0. The molecule has 1 heterocycles. The minimum Gasteiger partial charge on any atom is -0.384 e. The molecular weight excluding hydrogens is 276 g/mol. The average Bonchev–Trinajstić information content (AvgIpc) is 2.49. The molecule has 1 aliphatic rings. The minimum absolute atomic E-state index is 0.185. The fraction of sp³-hybridized carbons (Fsp3) is 0.188. The standard InChI is InChI=1S/C16H13F2NO2/c17-13-4-3-11(8-14(13)18)15(20)10-2-1-9-5-6-19-16(21)12(9)7-10/h1-4,7-8,15,20H,5-6H2,(H,19,21). The molecule has 0 saturated heterocycles. The lowest BCUT2D eigenvalue weighted by Crippen LogP contribution is -2.31. The average molecular weight is 289 g/mol. The van der Waals surface area contributed by atoms with Gasteiger partial charge in [0.25, 0.3) is 5.91 Å². The molecule has 1 unspecified atom stereocenters. The highest BCUT2D eigenvalue weighted by Gasteiger charge is 2.20. The van der Waals surface area contributed by atoms with Crippen LogP contribution in [0.3, 0.4) is 0 Å². The number of benzene rings is 2. The van der Waals surface area contributed by atoms with Crippen LogP contribution in [0.15, 0.2) is 36.4 Å². The Kier molecular flexibility index (Phi) is 3.43. The first kappa shape index (κ1) is 13.7. The SMILES string of the molecule is O=C1NCCc2ccc(C(O)c3ccc(F)c(F)c3)cc21. The lowest BCUT2D eigenvalue weighted by Gasteiger charge is -2.19. The van der Waals surface area contributed by atoms with Gasteiger partial charge in [-0.25, -0.2) is 8.78 Å². The van der Waals surface area contributed by atoms with Crippen LogP contribution in [0.2, 0.25) is 0 Å². The van der Waals surface area contributed by atoms with Crippen molar-refractivity contribution >= 4 is 5.91 Å². The van der Waals surface area contributed by atoms with Crippen molar-refractivity contribution in [1.29, 1.82) is 0 Å². The second-order valence-corrected chi connectivity index (χ2v) is 5.00. The smallest absolute Gasteiger partial charge is 0.251 e. The molecule has 0 aromatic heterocycles. The maximum atomic E-state index is 13.2. The zero-order valence-corrected chi connectivity index (χ0v) is 11.1. The van der Waals surface area contributed by atoms with Gasteiger partial charge in [0.05, 0.1) is 0 Å². The first-order valence-electron chi connectivity index (χ1n) is 6.60. The number of hydrogen-bond donors (Lipinski definition) is 2. The molecule has 2 aromatic carbocycles. The highest BCUT2D eigenvalue weighted by atomic mass is 19.2. The molecule has 0 fully saturated rings. The van der Waals surface area contributed by atoms with E-state index >= 15 is 0 Å². The highest BCUT2D eigenvalue weighted by Crippen LogP contribution is 2.26. The second kappa shape index (κ2) is 5.26. The summed E-state index contributed by atoms with van der Waals surface area (Å²) in [5.74, 6) is -2.16. The van der Waals surface area contributed by atoms with Crippen molar-refractivity contribution in [2.75, 3.05) is 6.54 Å². The summed E-state index contributed by atoms with van der Waals surface area (Å²) in [6.45, 7) is 0.594. The third-order valence-corrected chi connectivity index (χ3v) is 3.63. The lowest BCUT2D eigenvalue weighted by molar-refractivity contribution is 0.0945. The van der Waals surface area contributed by atoms with E-state index in [1.165, 1.54) is 6.07 Å². The van der Waals surface area contributed by atoms with E-state index in [9.17, 15) is 18.7 Å². The summed E-state index contributed by atoms with van der Waals surface area (Å²) in [5.41, 5.74) is 2.14. The van der Waals surface area contributed by atoms with Crippen LogP contribution in [0.1, 0.15) is 33.2 Å². The summed E-state index contributed by atoms with van der Waals surface area (Å²) in [4.78, 5) is 11.8. The molecule has 3 nitrogen and oxygen atoms in total. The van der Waals surface area contributed by atoms with E-state index in [0.717, 1.165) is 24.1 Å². The number of hydrogen-bond acceptors (Lipinski definition) is 2. The number of carbonyl (C=O) groups excluding carboxylic acids is 1. The van der Waals surface area contributed by atoms with Crippen LogP contribution in [0.25, 0.3) is 0 Å². The Hall–Kier alpha value is -2.27. The first-order chi connectivity index (χ1) is 10.1. The molecule has 1 aliphatic heterocycles. The third kappa shape index (κ3) is 2.52. The Morgan fingerprint density at radius 1 is 1.05 bits per heavy atom. The summed E-state index contributed by atoms with van der Waals surface area (Å²) in [5, 5.41) is 13.0. The number of carbonyl (C=O) groups is 1. The first-order valence-corrected chi connectivity index (χ1v) is 6.60. The maximum Gasteiger partial charge on any atom is 0.251 e. The van der Waals surface area contributed by atoms with E-state index in [4.69, 9.17) is 0 Å². The molecule has 0 saturated carbocycles. The molecule has 0 bridgehead atoms. The summed E-state index contributed by atoms with van der Waals surface area (Å²) < 4.78 is 26.2. The topological polar surface area (TPSA) is 49.3 Å². The molecule has 1 atom stereocenters. The Balaban J connectivity index is 1.98. The Labute approximate surface area is 120 Å². The van der Waals surface area contributed by atoms with Gasteiger partial charge in [-0.2, -0.15) is 0 Å². The number of halogens is 2. The quantitative estimate of drug-likeness (QED) is 0.891. The predicted molar refractivity (Wildman–Crippen MR) is 72.9 cm³/mol. The summed E-state index contributed by atoms with van der Waals surface area (Å²) in [6, 6.07) is 8.33. The fourth-order valence-corrected chi connectivity index (χ4v) is 2.47. The van der Waals surface area contributed by atoms with Gasteiger partial charge in [-0.3, -0.25) is 4.79 Å². The lowest BCUT2D eigenvalue weighted by atomic mass is 9.94. The van der Waals surface area contributed by atoms with Gasteiger partial charge in [0, 0.05) is 12.1 Å². The van der Waals surface area contributed by atoms with Gasteiger partial charge in [-0.1, -0.05) is 18.2 Å². The Morgan fingerprint density at radius 3 is 2.52 bits per heavy atom. The van der Waals surface area contributed by atoms with E-state index < -0.39 is 17.7 Å². The van der Waals surface area contributed by atoms with Crippen LogP contribution in [0, 0.1) is 11.6 Å². The zero-order valence-electron chi connectivity index (χ0n) is 11.1. The van der Waals surface area contributed by atoms with Crippen molar-refractivity contribution in [3.63, 3.8) is 0 Å². The van der Waals surface area contributed by atoms with Gasteiger partial charge >= 0.3 is 0 Å². The molecule has 3 rings (SSSR count). The predicted octanol–water partition coefficient (Wildman–Crippen LogP) is 2.33. The van der Waals surface area contributed by atoms with Gasteiger partial charge in [-0.05, 0) is 41.3 Å². The normalized spacial score (nSPS) is 15.3. The second-order valence-electron chi connectivity index (χ2n) is 5.00. The number of aliphatic hydroxyl groups is 1. The van der Waals surface area contributed by atoms with Crippen LogP contribution < -0.4 is 5.32 Å². The number of fused-ring (bicyclic) bond motifs is 1. The molecule has 1 amide bonds. The van der Waals surface area contributed by atoms with Crippen LogP contribution in [0.4, 0.5) is 8.78 Å². The van der Waals surface area contributed by atoms with Crippen molar-refractivity contribution in [3.8, 4) is 0 Å². The molecule has 5 heteroatoms. The van der Waals surface area contributed by atoms with Crippen LogP contribution in [-0.2, 0) is 6.42 Å². The molecule has 108 valence electrons. The van der Waals surface area contributed by atoms with E-state index in [1.54, 1.807) is 18.2 Å². The third-order valence-electron chi connectivity index (χ3n) is 3.63. The van der Waals surface area contributed by atoms with Gasteiger partial charge in [0.15, 0.2) is 11.6 Å². The van der Waals surface area contributed by atoms with Crippen molar-refractivity contribution in [2.45, 2.75) is 12.5 Å². The fourth-order valence-electron chi connectivity index (χ4n) is 2.47. The van der Waals surface area contributed by atoms with Crippen molar-refractivity contribution in [1.82, 2.24) is 5.32 Å². The number of nitrogens with one attached hydrogen (secondary N) is 1. The monoisotopic (exact) mass is 289 g/mol. The van der Waals surface area contributed by atoms with Crippen LogP contribution in [0.5, 0.6) is 0 Å². The van der Waals surface area contributed by atoms with Gasteiger partial charge in [-0.15, -0.1) is 0 Å². The van der Waals surface area contributed by atoms with Gasteiger partial charge in [0.1, 0.15) is 6.10 Å². The highest BCUT2D eigenvalue weighted by molar-refractivity contribution is 5.96. The van der Waals surface area contributed by atoms with Crippen molar-refractivity contribution in [2.24, 2.45) is 0 Å². The van der Waals surface area contributed by atoms with Gasteiger partial charge < -0.3 is 10.4 Å². The summed E-state index contributed by atoms with van der Waals surface area (Å²) in [6.07, 6.45) is -0.372. The molecular formula is C16H13F2NO2. The molecule has 0 radical (unpaired) electrons. The molecule has 0 spiro atoms. The largest absolute Gasteiger partial charge is 0.384 e. The Bertz CT molecular complexity index is 715. The van der Waals surface area contributed by atoms with Crippen LogP contribution in [-0.4, -0.2) is 17.6 Å². The summed E-state index contributed by atoms with van der Waals surface area (Å²) in [7, 11) is 0. The molecule has 0 aliphatic carbocycles. The molecule has 2 aromatic rings. The molecule has 2 N–H and O–H groups in total. The zero-order chi connectivity index (χ0) is 15.0. The van der Waals surface area contributed by atoms with Crippen LogP contribution >= 0.6 is 0 Å². The number of rotatable bonds is 2. The Morgan fingerprint density at radius 2 is 1.76 bits per heavy atom. The van der Waals surface area contributed by atoms with Crippen molar-refractivity contribution in [3.05, 3.63) is 70.3 Å². The van der Waals surface area contributed by atoms with E-state index in [2.05, 4.69) is 5.32 Å².